The fourth-order valence-corrected chi connectivity index (χ4v) is 2.90. The van der Waals surface area contributed by atoms with Gasteiger partial charge < -0.3 is 20.1 Å². The molecule has 1 fully saturated rings. The van der Waals surface area contributed by atoms with Gasteiger partial charge in [0.1, 0.15) is 5.75 Å². The molecule has 0 radical (unpaired) electrons. The maximum absolute atomic E-state index is 12.6. The van der Waals surface area contributed by atoms with Crippen LogP contribution in [0.25, 0.3) is 0 Å². The van der Waals surface area contributed by atoms with Crippen LogP contribution in [-0.4, -0.2) is 39.3 Å². The summed E-state index contributed by atoms with van der Waals surface area (Å²) in [5, 5.41) is 6.36. The Morgan fingerprint density at radius 3 is 2.74 bits per heavy atom. The lowest BCUT2D eigenvalue weighted by atomic mass is 9.78. The number of hydrogen-bond acceptors (Lipinski definition) is 4. The molecule has 1 heterocycles. The molecule has 2 rings (SSSR count). The Bertz CT molecular complexity index is 485. The largest absolute Gasteiger partial charge is 0.494 e. The molecule has 0 unspecified atom stereocenters. The van der Waals surface area contributed by atoms with Crippen molar-refractivity contribution in [1.29, 1.82) is 0 Å². The van der Waals surface area contributed by atoms with E-state index in [2.05, 4.69) is 10.6 Å². The highest BCUT2D eigenvalue weighted by molar-refractivity contribution is 5.85. The van der Waals surface area contributed by atoms with Crippen LogP contribution in [0.4, 0.5) is 0 Å². The lowest BCUT2D eigenvalue weighted by Crippen LogP contribution is -2.49. The average Bonchev–Trinajstić information content (AvgIpc) is 2.54. The summed E-state index contributed by atoms with van der Waals surface area (Å²) in [6, 6.07) is 7.83. The summed E-state index contributed by atoms with van der Waals surface area (Å²) in [6.07, 6.45) is 1.62. The SMILES string of the molecule is CCOc1cccc(CNC(=O)C2(COC)CCNCC2)c1.Cl. The number of carbonyl (C=O) groups is 1. The minimum atomic E-state index is -0.405. The van der Waals surface area contributed by atoms with Gasteiger partial charge in [-0.25, -0.2) is 0 Å². The zero-order chi connectivity index (χ0) is 15.8. The molecular weight excluding hydrogens is 316 g/mol. The monoisotopic (exact) mass is 342 g/mol. The smallest absolute Gasteiger partial charge is 0.228 e. The van der Waals surface area contributed by atoms with Crippen LogP contribution in [0, 0.1) is 5.41 Å². The number of rotatable bonds is 7. The quantitative estimate of drug-likeness (QED) is 0.797. The zero-order valence-corrected chi connectivity index (χ0v) is 14.7. The number of nitrogens with one attached hydrogen (secondary N) is 2. The topological polar surface area (TPSA) is 59.6 Å². The van der Waals surface area contributed by atoms with E-state index in [0.717, 1.165) is 37.2 Å². The molecule has 0 aromatic heterocycles. The summed E-state index contributed by atoms with van der Waals surface area (Å²) >= 11 is 0. The van der Waals surface area contributed by atoms with E-state index in [1.165, 1.54) is 0 Å². The van der Waals surface area contributed by atoms with Crippen molar-refractivity contribution in [1.82, 2.24) is 10.6 Å². The van der Waals surface area contributed by atoms with Gasteiger partial charge in [0.05, 0.1) is 18.6 Å². The molecule has 1 aromatic rings. The third kappa shape index (κ3) is 5.37. The van der Waals surface area contributed by atoms with Crippen LogP contribution >= 0.6 is 12.4 Å². The van der Waals surface area contributed by atoms with Gasteiger partial charge in [0.2, 0.25) is 5.91 Å². The average molecular weight is 343 g/mol. The summed E-state index contributed by atoms with van der Waals surface area (Å²) in [4.78, 5) is 12.6. The predicted octanol–water partition coefficient (Wildman–Crippen LogP) is 2.14. The van der Waals surface area contributed by atoms with Crippen LogP contribution in [-0.2, 0) is 16.1 Å². The third-order valence-corrected chi connectivity index (χ3v) is 4.13. The first-order chi connectivity index (χ1) is 10.7. The number of carbonyl (C=O) groups excluding carboxylic acids is 1. The van der Waals surface area contributed by atoms with Crippen LogP contribution in [0.15, 0.2) is 24.3 Å². The standard InChI is InChI=1S/C17H26N2O3.ClH/c1-3-22-15-6-4-5-14(11-15)12-19-16(20)17(13-21-2)7-9-18-10-8-17;/h4-6,11,18H,3,7-10,12-13H2,1-2H3,(H,19,20);1H. The maximum Gasteiger partial charge on any atom is 0.228 e. The van der Waals surface area contributed by atoms with Crippen LogP contribution in [0.2, 0.25) is 0 Å². The van der Waals surface area contributed by atoms with Crippen molar-refractivity contribution in [2.45, 2.75) is 26.3 Å². The first-order valence-electron chi connectivity index (χ1n) is 7.90. The van der Waals surface area contributed by atoms with E-state index in [-0.39, 0.29) is 18.3 Å². The van der Waals surface area contributed by atoms with Crippen molar-refractivity contribution in [2.24, 2.45) is 5.41 Å². The molecule has 2 N–H and O–H groups in total. The Hall–Kier alpha value is -1.30. The van der Waals surface area contributed by atoms with Crippen molar-refractivity contribution in [3.63, 3.8) is 0 Å². The zero-order valence-electron chi connectivity index (χ0n) is 13.9. The summed E-state index contributed by atoms with van der Waals surface area (Å²) in [5.74, 6) is 0.917. The predicted molar refractivity (Wildman–Crippen MR) is 93.1 cm³/mol. The van der Waals surface area contributed by atoms with Gasteiger partial charge in [0, 0.05) is 13.7 Å². The number of halogens is 1. The summed E-state index contributed by atoms with van der Waals surface area (Å²) in [5.41, 5.74) is 0.637. The van der Waals surface area contributed by atoms with E-state index in [1.54, 1.807) is 7.11 Å². The highest BCUT2D eigenvalue weighted by Gasteiger charge is 2.39. The van der Waals surface area contributed by atoms with E-state index in [1.807, 2.05) is 31.2 Å². The molecule has 0 atom stereocenters. The number of methoxy groups -OCH3 is 1. The van der Waals surface area contributed by atoms with E-state index in [9.17, 15) is 4.79 Å². The molecule has 23 heavy (non-hydrogen) atoms. The number of ether oxygens (including phenoxy) is 2. The first-order valence-corrected chi connectivity index (χ1v) is 7.90. The van der Waals surface area contributed by atoms with Crippen molar-refractivity contribution in [3.05, 3.63) is 29.8 Å². The van der Waals surface area contributed by atoms with Crippen LogP contribution in [0.5, 0.6) is 5.75 Å². The number of hydrogen-bond donors (Lipinski definition) is 2. The number of amides is 1. The number of benzene rings is 1. The first kappa shape index (κ1) is 19.7. The molecule has 0 aliphatic carbocycles. The lowest BCUT2D eigenvalue weighted by molar-refractivity contribution is -0.136. The molecule has 1 aromatic carbocycles. The van der Waals surface area contributed by atoms with Crippen molar-refractivity contribution >= 4 is 18.3 Å². The second-order valence-corrected chi connectivity index (χ2v) is 5.73. The van der Waals surface area contributed by atoms with E-state index >= 15 is 0 Å². The summed E-state index contributed by atoms with van der Waals surface area (Å²) in [7, 11) is 1.66. The second kappa shape index (κ2) is 9.75. The molecule has 1 amide bonds. The molecule has 1 saturated heterocycles. The van der Waals surface area contributed by atoms with Crippen LogP contribution < -0.4 is 15.4 Å². The Labute approximate surface area is 144 Å². The van der Waals surface area contributed by atoms with Crippen molar-refractivity contribution < 1.29 is 14.3 Å². The van der Waals surface area contributed by atoms with E-state index in [4.69, 9.17) is 9.47 Å². The highest BCUT2D eigenvalue weighted by Crippen LogP contribution is 2.29. The molecular formula is C17H27ClN2O3. The molecule has 1 aliphatic rings. The third-order valence-electron chi connectivity index (χ3n) is 4.13. The van der Waals surface area contributed by atoms with Gasteiger partial charge in [-0.05, 0) is 50.6 Å². The lowest BCUT2D eigenvalue weighted by Gasteiger charge is -2.35. The Balaban J connectivity index is 0.00000264. The molecule has 0 spiro atoms. The van der Waals surface area contributed by atoms with Gasteiger partial charge in [-0.3, -0.25) is 4.79 Å². The molecule has 6 heteroatoms. The number of piperidine rings is 1. The Morgan fingerprint density at radius 1 is 1.35 bits per heavy atom. The van der Waals surface area contributed by atoms with Gasteiger partial charge in [0.15, 0.2) is 0 Å². The summed E-state index contributed by atoms with van der Waals surface area (Å²) in [6.45, 7) is 5.30. The molecule has 0 bridgehead atoms. The second-order valence-electron chi connectivity index (χ2n) is 5.73. The van der Waals surface area contributed by atoms with Crippen LogP contribution in [0.1, 0.15) is 25.3 Å². The fraction of sp³-hybridized carbons (Fsp3) is 0.588. The molecule has 1 aliphatic heterocycles. The normalized spacial score (nSPS) is 16.3. The van der Waals surface area contributed by atoms with Gasteiger partial charge >= 0.3 is 0 Å². The Morgan fingerprint density at radius 2 is 2.09 bits per heavy atom. The minimum absolute atomic E-state index is 0. The highest BCUT2D eigenvalue weighted by atomic mass is 35.5. The molecule has 5 nitrogen and oxygen atoms in total. The fourth-order valence-electron chi connectivity index (χ4n) is 2.90. The van der Waals surface area contributed by atoms with Gasteiger partial charge in [-0.15, -0.1) is 12.4 Å². The Kier molecular flexibility index (Phi) is 8.37. The molecule has 0 saturated carbocycles. The van der Waals surface area contributed by atoms with Crippen LogP contribution in [0.3, 0.4) is 0 Å². The van der Waals surface area contributed by atoms with Crippen molar-refractivity contribution in [3.8, 4) is 5.75 Å². The van der Waals surface area contributed by atoms with Gasteiger partial charge in [-0.1, -0.05) is 12.1 Å². The molecule has 130 valence electrons. The van der Waals surface area contributed by atoms with Gasteiger partial charge in [0.25, 0.3) is 0 Å². The van der Waals surface area contributed by atoms with Crippen molar-refractivity contribution in [2.75, 3.05) is 33.4 Å². The van der Waals surface area contributed by atoms with Gasteiger partial charge in [-0.2, -0.15) is 0 Å². The minimum Gasteiger partial charge on any atom is -0.494 e. The summed E-state index contributed by atoms with van der Waals surface area (Å²) < 4.78 is 10.8. The van der Waals surface area contributed by atoms with E-state index < -0.39 is 5.41 Å². The van der Waals surface area contributed by atoms with E-state index in [0.29, 0.717) is 19.8 Å². The maximum atomic E-state index is 12.6.